The molecule has 1 unspecified atom stereocenters. The zero-order valence-corrected chi connectivity index (χ0v) is 14.4. The number of rotatable bonds is 7. The van der Waals surface area contributed by atoms with Crippen LogP contribution in [0.4, 0.5) is 4.39 Å². The van der Waals surface area contributed by atoms with Crippen LogP contribution >= 0.6 is 0 Å². The predicted octanol–water partition coefficient (Wildman–Crippen LogP) is 3.39. The standard InChI is InChI=1S/C19H29FN2O/c1-15-10-12-22(13-11-15)16(2)14-21-19(23)5-3-4-17-6-8-18(20)9-7-17/h6-9,15-16H,3-5,10-14H2,1-2H3,(H,21,23). The van der Waals surface area contributed by atoms with Crippen LogP contribution in [0.15, 0.2) is 24.3 Å². The fraction of sp³-hybridized carbons (Fsp3) is 0.632. The molecular formula is C19H29FN2O. The zero-order chi connectivity index (χ0) is 16.7. The normalized spacial score (nSPS) is 17.9. The summed E-state index contributed by atoms with van der Waals surface area (Å²) < 4.78 is 12.8. The molecule has 1 N–H and O–H groups in total. The first-order valence-electron chi connectivity index (χ1n) is 8.80. The molecule has 0 saturated carbocycles. The van der Waals surface area contributed by atoms with Gasteiger partial charge >= 0.3 is 0 Å². The number of nitrogens with one attached hydrogen (secondary N) is 1. The number of nitrogens with zero attached hydrogens (tertiary/aromatic N) is 1. The summed E-state index contributed by atoms with van der Waals surface area (Å²) in [5.74, 6) is 0.733. The molecular weight excluding hydrogens is 291 g/mol. The Morgan fingerprint density at radius 1 is 1.30 bits per heavy atom. The number of aryl methyl sites for hydroxylation is 1. The highest BCUT2D eigenvalue weighted by atomic mass is 19.1. The van der Waals surface area contributed by atoms with Gasteiger partial charge in [-0.05, 0) is 69.3 Å². The summed E-state index contributed by atoms with van der Waals surface area (Å²) >= 11 is 0. The molecule has 128 valence electrons. The first kappa shape index (κ1) is 17.9. The van der Waals surface area contributed by atoms with Gasteiger partial charge in [0.2, 0.25) is 5.91 Å². The average molecular weight is 320 g/mol. The lowest BCUT2D eigenvalue weighted by Crippen LogP contribution is -2.45. The number of likely N-dealkylation sites (tertiary alicyclic amines) is 1. The van der Waals surface area contributed by atoms with E-state index in [-0.39, 0.29) is 11.7 Å². The summed E-state index contributed by atoms with van der Waals surface area (Å²) in [6.45, 7) is 7.51. The lowest BCUT2D eigenvalue weighted by atomic mass is 9.98. The minimum Gasteiger partial charge on any atom is -0.355 e. The molecule has 1 aliphatic heterocycles. The molecule has 1 aliphatic rings. The van der Waals surface area contributed by atoms with Crippen molar-refractivity contribution in [3.8, 4) is 0 Å². The van der Waals surface area contributed by atoms with Crippen molar-refractivity contribution in [3.05, 3.63) is 35.6 Å². The number of halogens is 1. The van der Waals surface area contributed by atoms with Crippen molar-refractivity contribution >= 4 is 5.91 Å². The molecule has 3 nitrogen and oxygen atoms in total. The topological polar surface area (TPSA) is 32.3 Å². The van der Waals surface area contributed by atoms with Crippen molar-refractivity contribution in [2.75, 3.05) is 19.6 Å². The van der Waals surface area contributed by atoms with Crippen LogP contribution in [0.25, 0.3) is 0 Å². The molecule has 1 saturated heterocycles. The Bertz CT molecular complexity index is 481. The average Bonchev–Trinajstić information content (AvgIpc) is 2.55. The lowest BCUT2D eigenvalue weighted by molar-refractivity contribution is -0.121. The number of amides is 1. The van der Waals surface area contributed by atoms with Crippen molar-refractivity contribution < 1.29 is 9.18 Å². The summed E-state index contributed by atoms with van der Waals surface area (Å²) in [5, 5.41) is 3.05. The second-order valence-corrected chi connectivity index (χ2v) is 6.85. The molecule has 1 atom stereocenters. The van der Waals surface area contributed by atoms with Crippen molar-refractivity contribution in [2.24, 2.45) is 5.92 Å². The maximum Gasteiger partial charge on any atom is 0.220 e. The lowest BCUT2D eigenvalue weighted by Gasteiger charge is -2.35. The van der Waals surface area contributed by atoms with Crippen LogP contribution in [0.3, 0.4) is 0 Å². The smallest absolute Gasteiger partial charge is 0.220 e. The van der Waals surface area contributed by atoms with E-state index in [0.29, 0.717) is 12.5 Å². The molecule has 0 aromatic heterocycles. The zero-order valence-electron chi connectivity index (χ0n) is 14.4. The van der Waals surface area contributed by atoms with E-state index in [2.05, 4.69) is 24.1 Å². The Morgan fingerprint density at radius 3 is 2.61 bits per heavy atom. The number of benzene rings is 1. The van der Waals surface area contributed by atoms with E-state index < -0.39 is 0 Å². The number of carbonyl (C=O) groups excluding carboxylic acids is 1. The number of hydrogen-bond acceptors (Lipinski definition) is 2. The minimum absolute atomic E-state index is 0.115. The van der Waals surface area contributed by atoms with Gasteiger partial charge in [-0.15, -0.1) is 0 Å². The number of piperidine rings is 1. The van der Waals surface area contributed by atoms with Gasteiger partial charge in [-0.3, -0.25) is 9.69 Å². The molecule has 2 rings (SSSR count). The van der Waals surface area contributed by atoms with Crippen molar-refractivity contribution in [2.45, 2.75) is 52.0 Å². The predicted molar refractivity (Wildman–Crippen MR) is 91.8 cm³/mol. The molecule has 0 radical (unpaired) electrons. The third-order valence-electron chi connectivity index (χ3n) is 4.82. The Balaban J connectivity index is 1.60. The molecule has 1 aromatic carbocycles. The van der Waals surface area contributed by atoms with E-state index in [1.165, 1.54) is 25.0 Å². The van der Waals surface area contributed by atoms with Gasteiger partial charge in [0.15, 0.2) is 0 Å². The molecule has 1 fully saturated rings. The van der Waals surface area contributed by atoms with Crippen LogP contribution in [0.1, 0.15) is 45.1 Å². The van der Waals surface area contributed by atoms with Crippen LogP contribution in [-0.4, -0.2) is 36.5 Å². The molecule has 0 bridgehead atoms. The second-order valence-electron chi connectivity index (χ2n) is 6.85. The molecule has 0 spiro atoms. The molecule has 23 heavy (non-hydrogen) atoms. The summed E-state index contributed by atoms with van der Waals surface area (Å²) in [7, 11) is 0. The maximum absolute atomic E-state index is 12.8. The number of carbonyl (C=O) groups is 1. The van der Waals surface area contributed by atoms with Gasteiger partial charge in [0, 0.05) is 19.0 Å². The summed E-state index contributed by atoms with van der Waals surface area (Å²) in [6.07, 6.45) is 4.66. The fourth-order valence-electron chi connectivity index (χ4n) is 3.05. The van der Waals surface area contributed by atoms with Crippen molar-refractivity contribution in [1.29, 1.82) is 0 Å². The van der Waals surface area contributed by atoms with Crippen molar-refractivity contribution in [1.82, 2.24) is 10.2 Å². The van der Waals surface area contributed by atoms with E-state index in [9.17, 15) is 9.18 Å². The Kier molecular flexibility index (Phi) is 7.03. The molecule has 1 aromatic rings. The summed E-state index contributed by atoms with van der Waals surface area (Å²) in [5.41, 5.74) is 1.08. The van der Waals surface area contributed by atoms with Gasteiger partial charge in [-0.1, -0.05) is 19.1 Å². The number of hydrogen-bond donors (Lipinski definition) is 1. The Morgan fingerprint density at radius 2 is 1.96 bits per heavy atom. The van der Waals surface area contributed by atoms with Gasteiger partial charge in [0.25, 0.3) is 0 Å². The van der Waals surface area contributed by atoms with Gasteiger partial charge in [0.05, 0.1) is 0 Å². The third-order valence-corrected chi connectivity index (χ3v) is 4.82. The minimum atomic E-state index is -0.215. The third kappa shape index (κ3) is 6.30. The van der Waals surface area contributed by atoms with Crippen LogP contribution < -0.4 is 5.32 Å². The van der Waals surface area contributed by atoms with Gasteiger partial charge < -0.3 is 5.32 Å². The van der Waals surface area contributed by atoms with Gasteiger partial charge in [-0.25, -0.2) is 4.39 Å². The van der Waals surface area contributed by atoms with Gasteiger partial charge in [-0.2, -0.15) is 0 Å². The van der Waals surface area contributed by atoms with E-state index in [1.807, 2.05) is 0 Å². The molecule has 1 heterocycles. The monoisotopic (exact) mass is 320 g/mol. The van der Waals surface area contributed by atoms with E-state index in [1.54, 1.807) is 12.1 Å². The van der Waals surface area contributed by atoms with Crippen LogP contribution in [-0.2, 0) is 11.2 Å². The molecule has 4 heteroatoms. The summed E-state index contributed by atoms with van der Waals surface area (Å²) in [4.78, 5) is 14.4. The first-order chi connectivity index (χ1) is 11.0. The van der Waals surface area contributed by atoms with Crippen molar-refractivity contribution in [3.63, 3.8) is 0 Å². The highest BCUT2D eigenvalue weighted by Gasteiger charge is 2.20. The molecule has 1 amide bonds. The van der Waals surface area contributed by atoms with Crippen LogP contribution in [0.2, 0.25) is 0 Å². The highest BCUT2D eigenvalue weighted by Crippen LogP contribution is 2.17. The quantitative estimate of drug-likeness (QED) is 0.835. The largest absolute Gasteiger partial charge is 0.355 e. The highest BCUT2D eigenvalue weighted by molar-refractivity contribution is 5.75. The van der Waals surface area contributed by atoms with Crippen LogP contribution in [0.5, 0.6) is 0 Å². The fourth-order valence-corrected chi connectivity index (χ4v) is 3.05. The van der Waals surface area contributed by atoms with E-state index in [0.717, 1.165) is 44.0 Å². The summed E-state index contributed by atoms with van der Waals surface area (Å²) in [6, 6.07) is 6.91. The molecule has 0 aliphatic carbocycles. The maximum atomic E-state index is 12.8. The second kappa shape index (κ2) is 9.02. The Labute approximate surface area is 139 Å². The van der Waals surface area contributed by atoms with E-state index >= 15 is 0 Å². The SMILES string of the molecule is CC1CCN(C(C)CNC(=O)CCCc2ccc(F)cc2)CC1. The van der Waals surface area contributed by atoms with E-state index in [4.69, 9.17) is 0 Å². The van der Waals surface area contributed by atoms with Crippen LogP contribution in [0, 0.1) is 11.7 Å². The Hall–Kier alpha value is -1.42. The first-order valence-corrected chi connectivity index (χ1v) is 8.80. The van der Waals surface area contributed by atoms with Gasteiger partial charge in [0.1, 0.15) is 5.82 Å².